The van der Waals surface area contributed by atoms with Crippen molar-refractivity contribution >= 4 is 50.9 Å². The van der Waals surface area contributed by atoms with Crippen LogP contribution in [0.3, 0.4) is 0 Å². The molecule has 0 aliphatic heterocycles. The lowest BCUT2D eigenvalue weighted by Crippen LogP contribution is -2.11. The van der Waals surface area contributed by atoms with E-state index in [0.29, 0.717) is 11.4 Å². The molecule has 1 N–H and O–H groups in total. The zero-order valence-electron chi connectivity index (χ0n) is 12.8. The summed E-state index contributed by atoms with van der Waals surface area (Å²) in [5.74, 6) is 0.144. The predicted octanol–water partition coefficient (Wildman–Crippen LogP) is 3.95. The molecule has 24 heavy (non-hydrogen) atoms. The van der Waals surface area contributed by atoms with Gasteiger partial charge in [-0.25, -0.2) is 4.98 Å². The van der Waals surface area contributed by atoms with Crippen LogP contribution in [-0.4, -0.2) is 22.6 Å². The van der Waals surface area contributed by atoms with Gasteiger partial charge in [-0.15, -0.1) is 11.3 Å². The van der Waals surface area contributed by atoms with Gasteiger partial charge in [0.15, 0.2) is 4.34 Å². The summed E-state index contributed by atoms with van der Waals surface area (Å²) in [5.41, 5.74) is 1.60. The number of amides is 1. The molecule has 0 unspecified atom stereocenters. The third-order valence-electron chi connectivity index (χ3n) is 2.99. The van der Waals surface area contributed by atoms with Crippen LogP contribution in [0, 0.1) is 0 Å². The van der Waals surface area contributed by atoms with Crippen molar-refractivity contribution in [2.45, 2.75) is 11.3 Å². The molecular formula is C17H14N2O3S2. The largest absolute Gasteiger partial charge is 0.426 e. The summed E-state index contributed by atoms with van der Waals surface area (Å²) in [5, 5.41) is 2.65. The van der Waals surface area contributed by atoms with Crippen LogP contribution in [0.4, 0.5) is 5.69 Å². The molecular weight excluding hydrogens is 344 g/mol. The van der Waals surface area contributed by atoms with Crippen molar-refractivity contribution in [1.29, 1.82) is 0 Å². The normalized spacial score (nSPS) is 10.5. The molecule has 0 saturated carbocycles. The zero-order chi connectivity index (χ0) is 16.9. The molecule has 0 fully saturated rings. The van der Waals surface area contributed by atoms with Gasteiger partial charge in [0.25, 0.3) is 0 Å². The van der Waals surface area contributed by atoms with Crippen LogP contribution in [0.2, 0.25) is 0 Å². The third kappa shape index (κ3) is 4.33. The number of benzene rings is 2. The number of esters is 1. The number of anilines is 1. The Bertz CT molecular complexity index is 842. The van der Waals surface area contributed by atoms with Crippen molar-refractivity contribution < 1.29 is 14.3 Å². The Balaban J connectivity index is 1.54. The van der Waals surface area contributed by atoms with Crippen LogP contribution in [0.25, 0.3) is 10.2 Å². The first-order valence-electron chi connectivity index (χ1n) is 7.17. The van der Waals surface area contributed by atoms with E-state index in [1.807, 2.05) is 24.3 Å². The molecule has 0 spiro atoms. The maximum absolute atomic E-state index is 11.9. The average Bonchev–Trinajstić information content (AvgIpc) is 2.97. The van der Waals surface area contributed by atoms with Gasteiger partial charge in [-0.1, -0.05) is 23.9 Å². The maximum Gasteiger partial charge on any atom is 0.321 e. The van der Waals surface area contributed by atoms with E-state index in [4.69, 9.17) is 4.74 Å². The van der Waals surface area contributed by atoms with E-state index in [1.165, 1.54) is 18.7 Å². The molecule has 0 atom stereocenters. The van der Waals surface area contributed by atoms with E-state index in [-0.39, 0.29) is 17.6 Å². The lowest BCUT2D eigenvalue weighted by Gasteiger charge is -2.05. The van der Waals surface area contributed by atoms with E-state index in [9.17, 15) is 9.59 Å². The minimum absolute atomic E-state index is 0.146. The SMILES string of the molecule is CC(=O)Nc1ccc(OC(=O)CSc2nc3ccccc3s2)cc1. The number of hydrogen-bond donors (Lipinski definition) is 1. The van der Waals surface area contributed by atoms with Crippen molar-refractivity contribution in [2.75, 3.05) is 11.1 Å². The van der Waals surface area contributed by atoms with Gasteiger partial charge in [0, 0.05) is 12.6 Å². The topological polar surface area (TPSA) is 68.3 Å². The summed E-state index contributed by atoms with van der Waals surface area (Å²) in [6.07, 6.45) is 0. The molecule has 122 valence electrons. The lowest BCUT2D eigenvalue weighted by atomic mass is 10.3. The fourth-order valence-corrected chi connectivity index (χ4v) is 3.85. The molecule has 3 aromatic rings. The number of ether oxygens (including phenoxy) is 1. The van der Waals surface area contributed by atoms with Crippen LogP contribution in [-0.2, 0) is 9.59 Å². The summed E-state index contributed by atoms with van der Waals surface area (Å²) in [6, 6.07) is 14.5. The van der Waals surface area contributed by atoms with E-state index in [1.54, 1.807) is 35.6 Å². The van der Waals surface area contributed by atoms with Crippen LogP contribution in [0.1, 0.15) is 6.92 Å². The van der Waals surface area contributed by atoms with E-state index in [2.05, 4.69) is 10.3 Å². The minimum atomic E-state index is -0.341. The molecule has 5 nitrogen and oxygen atoms in total. The average molecular weight is 358 g/mol. The third-order valence-corrected chi connectivity index (χ3v) is 5.15. The fraction of sp³-hybridized carbons (Fsp3) is 0.118. The van der Waals surface area contributed by atoms with Gasteiger partial charge in [-0.3, -0.25) is 9.59 Å². The van der Waals surface area contributed by atoms with Crippen molar-refractivity contribution in [3.05, 3.63) is 48.5 Å². The van der Waals surface area contributed by atoms with Gasteiger partial charge in [0.05, 0.1) is 16.0 Å². The highest BCUT2D eigenvalue weighted by Gasteiger charge is 2.09. The number of carbonyl (C=O) groups excluding carboxylic acids is 2. The lowest BCUT2D eigenvalue weighted by molar-refractivity contribution is -0.131. The molecule has 2 aromatic carbocycles. The summed E-state index contributed by atoms with van der Waals surface area (Å²) in [4.78, 5) is 27.3. The molecule has 0 aliphatic rings. The number of carbonyl (C=O) groups is 2. The van der Waals surface area contributed by atoms with Crippen LogP contribution in [0.15, 0.2) is 52.9 Å². The zero-order valence-corrected chi connectivity index (χ0v) is 14.4. The minimum Gasteiger partial charge on any atom is -0.426 e. The second-order valence-electron chi connectivity index (χ2n) is 4.92. The first kappa shape index (κ1) is 16.5. The van der Waals surface area contributed by atoms with Crippen molar-refractivity contribution in [1.82, 2.24) is 4.98 Å². The smallest absolute Gasteiger partial charge is 0.321 e. The molecule has 7 heteroatoms. The maximum atomic E-state index is 11.9. The van der Waals surface area contributed by atoms with E-state index >= 15 is 0 Å². The summed E-state index contributed by atoms with van der Waals surface area (Å²) in [7, 11) is 0. The molecule has 3 rings (SSSR count). The number of thioether (sulfide) groups is 1. The monoisotopic (exact) mass is 358 g/mol. The van der Waals surface area contributed by atoms with E-state index < -0.39 is 0 Å². The number of nitrogens with one attached hydrogen (secondary N) is 1. The number of para-hydroxylation sites is 1. The Morgan fingerprint density at radius 1 is 1.17 bits per heavy atom. The summed E-state index contributed by atoms with van der Waals surface area (Å²) in [6.45, 7) is 1.44. The van der Waals surface area contributed by atoms with Gasteiger partial charge >= 0.3 is 5.97 Å². The van der Waals surface area contributed by atoms with Gasteiger partial charge in [0.1, 0.15) is 5.75 Å². The Hall–Kier alpha value is -2.38. The molecule has 1 heterocycles. The Morgan fingerprint density at radius 2 is 1.92 bits per heavy atom. The Labute approximate surface area is 147 Å². The molecule has 0 aliphatic carbocycles. The number of fused-ring (bicyclic) bond motifs is 1. The highest BCUT2D eigenvalue weighted by molar-refractivity contribution is 8.01. The highest BCUT2D eigenvalue weighted by Crippen LogP contribution is 2.29. The molecule has 0 bridgehead atoms. The van der Waals surface area contributed by atoms with Crippen molar-refractivity contribution in [3.8, 4) is 5.75 Å². The second-order valence-corrected chi connectivity index (χ2v) is 7.17. The number of aromatic nitrogens is 1. The predicted molar refractivity (Wildman–Crippen MR) is 96.7 cm³/mol. The van der Waals surface area contributed by atoms with Crippen molar-refractivity contribution in [2.24, 2.45) is 0 Å². The molecule has 0 saturated heterocycles. The first-order valence-corrected chi connectivity index (χ1v) is 8.97. The number of thiazole rings is 1. The Kier molecular flexibility index (Phi) is 5.12. The standard InChI is InChI=1S/C17H14N2O3S2/c1-11(20)18-12-6-8-13(9-7-12)22-16(21)10-23-17-19-14-4-2-3-5-15(14)24-17/h2-9H,10H2,1H3,(H,18,20). The van der Waals surface area contributed by atoms with Crippen LogP contribution < -0.4 is 10.1 Å². The molecule has 1 aromatic heterocycles. The van der Waals surface area contributed by atoms with Gasteiger partial charge in [-0.2, -0.15) is 0 Å². The summed E-state index contributed by atoms with van der Waals surface area (Å²) < 4.78 is 7.22. The number of hydrogen-bond acceptors (Lipinski definition) is 6. The van der Waals surface area contributed by atoms with Gasteiger partial charge < -0.3 is 10.1 Å². The quantitative estimate of drug-likeness (QED) is 0.425. The van der Waals surface area contributed by atoms with Crippen LogP contribution in [0.5, 0.6) is 5.75 Å². The highest BCUT2D eigenvalue weighted by atomic mass is 32.2. The van der Waals surface area contributed by atoms with Gasteiger partial charge in [0.2, 0.25) is 5.91 Å². The van der Waals surface area contributed by atoms with E-state index in [0.717, 1.165) is 14.6 Å². The first-order chi connectivity index (χ1) is 11.6. The summed E-state index contributed by atoms with van der Waals surface area (Å²) >= 11 is 2.92. The number of rotatable bonds is 5. The second kappa shape index (κ2) is 7.46. The molecule has 0 radical (unpaired) electrons. The van der Waals surface area contributed by atoms with Gasteiger partial charge in [-0.05, 0) is 36.4 Å². The number of nitrogens with zero attached hydrogens (tertiary/aromatic N) is 1. The fourth-order valence-electron chi connectivity index (χ4n) is 2.00. The van der Waals surface area contributed by atoms with Crippen LogP contribution >= 0.6 is 23.1 Å². The van der Waals surface area contributed by atoms with Crippen molar-refractivity contribution in [3.63, 3.8) is 0 Å². The Morgan fingerprint density at radius 3 is 2.62 bits per heavy atom. The molecule has 1 amide bonds.